The Labute approximate surface area is 122 Å². The minimum atomic E-state index is -0.748. The monoisotopic (exact) mass is 285 g/mol. The molecule has 0 saturated heterocycles. The Bertz CT molecular complexity index is 642. The fraction of sp³-hybridized carbons (Fsp3) is 0.400. The smallest absolute Gasteiger partial charge is 0.262 e. The quantitative estimate of drug-likeness (QED) is 0.863. The van der Waals surface area contributed by atoms with Crippen LogP contribution >= 0.6 is 0 Å². The summed E-state index contributed by atoms with van der Waals surface area (Å²) in [4.78, 5) is 23.5. The Morgan fingerprint density at radius 1 is 1.38 bits per heavy atom. The second-order valence-corrected chi connectivity index (χ2v) is 5.40. The van der Waals surface area contributed by atoms with Gasteiger partial charge in [0.25, 0.3) is 11.8 Å². The molecule has 0 radical (unpaired) electrons. The van der Waals surface area contributed by atoms with E-state index in [1.165, 1.54) is 0 Å². The highest BCUT2D eigenvalue weighted by atomic mass is 16.5. The fourth-order valence-electron chi connectivity index (χ4n) is 2.75. The summed E-state index contributed by atoms with van der Waals surface area (Å²) in [7, 11) is 0. The lowest BCUT2D eigenvalue weighted by Gasteiger charge is -2.23. The first-order chi connectivity index (χ1) is 10.1. The van der Waals surface area contributed by atoms with Gasteiger partial charge in [0, 0.05) is 5.56 Å². The second-order valence-electron chi connectivity index (χ2n) is 5.40. The fourth-order valence-corrected chi connectivity index (χ4v) is 2.75. The van der Waals surface area contributed by atoms with E-state index in [1.54, 1.807) is 18.2 Å². The van der Waals surface area contributed by atoms with Gasteiger partial charge in [-0.05, 0) is 43.9 Å². The minimum Gasteiger partial charge on any atom is -0.482 e. The molecule has 1 aromatic rings. The van der Waals surface area contributed by atoms with Crippen LogP contribution < -0.4 is 15.4 Å². The average Bonchev–Trinajstić information content (AvgIpc) is 2.95. The largest absolute Gasteiger partial charge is 0.482 e. The van der Waals surface area contributed by atoms with E-state index >= 15 is 0 Å². The van der Waals surface area contributed by atoms with Gasteiger partial charge in [0.2, 0.25) is 0 Å². The maximum Gasteiger partial charge on any atom is 0.262 e. The topological polar surface area (TPSA) is 91.2 Å². The van der Waals surface area contributed by atoms with Crippen molar-refractivity contribution in [2.45, 2.75) is 31.2 Å². The third-order valence-electron chi connectivity index (χ3n) is 3.90. The molecular weight excluding hydrogens is 270 g/mol. The van der Waals surface area contributed by atoms with Crippen LogP contribution in [0.4, 0.5) is 5.69 Å². The molecule has 0 unspecified atom stereocenters. The number of hydrogen-bond donors (Lipinski definition) is 2. The number of nitrogens with one attached hydrogen (secondary N) is 2. The third kappa shape index (κ3) is 2.55. The number of nitriles is 1. The molecule has 3 rings (SSSR count). The molecule has 1 aliphatic carbocycles. The van der Waals surface area contributed by atoms with E-state index in [1.807, 2.05) is 0 Å². The van der Waals surface area contributed by atoms with Crippen molar-refractivity contribution in [3.8, 4) is 11.8 Å². The number of carbonyl (C=O) groups is 2. The highest BCUT2D eigenvalue weighted by Crippen LogP contribution is 2.31. The van der Waals surface area contributed by atoms with Crippen molar-refractivity contribution < 1.29 is 14.3 Å². The average molecular weight is 285 g/mol. The molecule has 1 aliphatic heterocycles. The first kappa shape index (κ1) is 13.4. The lowest BCUT2D eigenvalue weighted by atomic mass is 9.99. The zero-order valence-corrected chi connectivity index (χ0v) is 11.4. The number of amides is 2. The molecule has 1 fully saturated rings. The van der Waals surface area contributed by atoms with Crippen molar-refractivity contribution in [2.24, 2.45) is 0 Å². The van der Waals surface area contributed by atoms with Crippen LogP contribution in [-0.4, -0.2) is 24.0 Å². The maximum absolute atomic E-state index is 12.3. The molecule has 0 bridgehead atoms. The van der Waals surface area contributed by atoms with Gasteiger partial charge in [0.1, 0.15) is 11.3 Å². The highest BCUT2D eigenvalue weighted by molar-refractivity contribution is 5.99. The van der Waals surface area contributed by atoms with Crippen molar-refractivity contribution in [3.05, 3.63) is 23.8 Å². The van der Waals surface area contributed by atoms with Crippen molar-refractivity contribution in [3.63, 3.8) is 0 Å². The number of fused-ring (bicyclic) bond motifs is 1. The summed E-state index contributed by atoms with van der Waals surface area (Å²) in [5.74, 6) is -0.0319. The number of ether oxygens (including phenoxy) is 1. The summed E-state index contributed by atoms with van der Waals surface area (Å²) in [5, 5.41) is 14.8. The molecule has 0 atom stereocenters. The van der Waals surface area contributed by atoms with E-state index in [0.717, 1.165) is 12.8 Å². The van der Waals surface area contributed by atoms with Crippen LogP contribution in [0, 0.1) is 11.3 Å². The van der Waals surface area contributed by atoms with Gasteiger partial charge in [-0.2, -0.15) is 5.26 Å². The van der Waals surface area contributed by atoms with Gasteiger partial charge in [-0.25, -0.2) is 0 Å². The van der Waals surface area contributed by atoms with E-state index in [4.69, 9.17) is 4.74 Å². The molecule has 1 aromatic carbocycles. The van der Waals surface area contributed by atoms with Gasteiger partial charge in [-0.3, -0.25) is 9.59 Å². The molecule has 6 nitrogen and oxygen atoms in total. The summed E-state index contributed by atoms with van der Waals surface area (Å²) in [6.07, 6.45) is 3.28. The van der Waals surface area contributed by atoms with Gasteiger partial charge < -0.3 is 15.4 Å². The van der Waals surface area contributed by atoms with Crippen LogP contribution in [0.5, 0.6) is 5.75 Å². The Morgan fingerprint density at radius 2 is 2.14 bits per heavy atom. The van der Waals surface area contributed by atoms with E-state index in [2.05, 4.69) is 16.7 Å². The summed E-state index contributed by atoms with van der Waals surface area (Å²) in [5.41, 5.74) is 0.229. The van der Waals surface area contributed by atoms with Gasteiger partial charge in [0.05, 0.1) is 11.8 Å². The Hall–Kier alpha value is -2.55. The summed E-state index contributed by atoms with van der Waals surface area (Å²) in [6, 6.07) is 7.06. The molecule has 1 saturated carbocycles. The van der Waals surface area contributed by atoms with E-state index in [9.17, 15) is 14.9 Å². The van der Waals surface area contributed by atoms with Gasteiger partial charge in [-0.15, -0.1) is 0 Å². The number of benzene rings is 1. The summed E-state index contributed by atoms with van der Waals surface area (Å²) < 4.78 is 5.29. The Balaban J connectivity index is 1.79. The summed E-state index contributed by atoms with van der Waals surface area (Å²) in [6.45, 7) is -0.0554. The molecule has 2 amide bonds. The SMILES string of the molecule is N#CC1(NC(=O)c2ccc3c(c2)OCC(=O)N3)CCCC1. The van der Waals surface area contributed by atoms with Crippen LogP contribution in [0.25, 0.3) is 0 Å². The molecule has 108 valence electrons. The Morgan fingerprint density at radius 3 is 2.86 bits per heavy atom. The van der Waals surface area contributed by atoms with Crippen LogP contribution in [0.15, 0.2) is 18.2 Å². The first-order valence-electron chi connectivity index (χ1n) is 6.92. The molecular formula is C15H15N3O3. The van der Waals surface area contributed by atoms with Gasteiger partial charge in [0.15, 0.2) is 6.61 Å². The van der Waals surface area contributed by atoms with Crippen LogP contribution in [0.1, 0.15) is 36.0 Å². The number of hydrogen-bond acceptors (Lipinski definition) is 4. The molecule has 1 heterocycles. The molecule has 0 spiro atoms. The number of rotatable bonds is 2. The van der Waals surface area contributed by atoms with E-state index in [-0.39, 0.29) is 18.4 Å². The Kier molecular flexibility index (Phi) is 3.26. The third-order valence-corrected chi connectivity index (χ3v) is 3.90. The van der Waals surface area contributed by atoms with Crippen molar-refractivity contribution in [1.29, 1.82) is 5.26 Å². The predicted octanol–water partition coefficient (Wildman–Crippen LogP) is 1.58. The van der Waals surface area contributed by atoms with E-state index in [0.29, 0.717) is 29.8 Å². The maximum atomic E-state index is 12.3. The standard InChI is InChI=1S/C15H15N3O3/c16-9-15(5-1-2-6-15)18-14(20)10-3-4-11-12(7-10)21-8-13(19)17-11/h3-4,7H,1-2,5-6,8H2,(H,17,19)(H,18,20). The zero-order valence-electron chi connectivity index (χ0n) is 11.4. The zero-order chi connectivity index (χ0) is 14.9. The van der Waals surface area contributed by atoms with Crippen LogP contribution in [0.2, 0.25) is 0 Å². The summed E-state index contributed by atoms with van der Waals surface area (Å²) >= 11 is 0. The molecule has 0 aromatic heterocycles. The number of carbonyl (C=O) groups excluding carboxylic acids is 2. The van der Waals surface area contributed by atoms with Crippen molar-refractivity contribution in [2.75, 3.05) is 11.9 Å². The molecule has 6 heteroatoms. The van der Waals surface area contributed by atoms with Crippen LogP contribution in [0.3, 0.4) is 0 Å². The first-order valence-corrected chi connectivity index (χ1v) is 6.92. The highest BCUT2D eigenvalue weighted by Gasteiger charge is 2.35. The predicted molar refractivity (Wildman–Crippen MR) is 74.8 cm³/mol. The number of anilines is 1. The van der Waals surface area contributed by atoms with E-state index < -0.39 is 5.54 Å². The minimum absolute atomic E-state index is 0.0554. The lowest BCUT2D eigenvalue weighted by molar-refractivity contribution is -0.118. The van der Waals surface area contributed by atoms with Gasteiger partial charge >= 0.3 is 0 Å². The second kappa shape index (κ2) is 5.09. The molecule has 21 heavy (non-hydrogen) atoms. The van der Waals surface area contributed by atoms with Crippen LogP contribution in [-0.2, 0) is 4.79 Å². The van der Waals surface area contributed by atoms with Crippen molar-refractivity contribution >= 4 is 17.5 Å². The normalized spacial score (nSPS) is 18.9. The number of nitrogens with zero attached hydrogens (tertiary/aromatic N) is 1. The molecule has 2 aliphatic rings. The lowest BCUT2D eigenvalue weighted by Crippen LogP contribution is -2.45. The van der Waals surface area contributed by atoms with Gasteiger partial charge in [-0.1, -0.05) is 0 Å². The molecule has 2 N–H and O–H groups in total. The van der Waals surface area contributed by atoms with Crippen molar-refractivity contribution in [1.82, 2.24) is 5.32 Å².